The van der Waals surface area contributed by atoms with Crippen LogP contribution in [-0.4, -0.2) is 5.78 Å². The maximum atomic E-state index is 12.5. The largest absolute Gasteiger partial charge is 0.289 e. The van der Waals surface area contributed by atoms with Gasteiger partial charge < -0.3 is 0 Å². The van der Waals surface area contributed by atoms with E-state index in [-0.39, 0.29) is 5.78 Å². The molecule has 0 atom stereocenters. The van der Waals surface area contributed by atoms with Crippen LogP contribution in [0.5, 0.6) is 0 Å². The van der Waals surface area contributed by atoms with Crippen molar-refractivity contribution < 1.29 is 4.79 Å². The van der Waals surface area contributed by atoms with Crippen molar-refractivity contribution in [2.24, 2.45) is 0 Å². The predicted molar refractivity (Wildman–Crippen MR) is 78.1 cm³/mol. The van der Waals surface area contributed by atoms with Crippen LogP contribution in [0, 0.1) is 6.92 Å². The Kier molecular flexibility index (Phi) is 3.16. The number of fused-ring (bicyclic) bond motifs is 1. The third kappa shape index (κ3) is 2.43. The number of benzene rings is 2. The molecule has 1 nitrogen and oxygen atoms in total. The second-order valence-corrected chi connectivity index (χ2v) is 5.62. The second-order valence-electron chi connectivity index (χ2n) is 5.18. The molecular formula is C17H15ClO. The summed E-state index contributed by atoms with van der Waals surface area (Å²) >= 11 is 6.02. The quantitative estimate of drug-likeness (QED) is 0.741. The summed E-state index contributed by atoms with van der Waals surface area (Å²) in [6.45, 7) is 1.95. The minimum Gasteiger partial charge on any atom is -0.289 e. The molecule has 0 bridgehead atoms. The molecule has 0 radical (unpaired) electrons. The van der Waals surface area contributed by atoms with Crippen LogP contribution in [0.3, 0.4) is 0 Å². The van der Waals surface area contributed by atoms with E-state index in [9.17, 15) is 4.79 Å². The highest BCUT2D eigenvalue weighted by atomic mass is 35.5. The summed E-state index contributed by atoms with van der Waals surface area (Å²) in [4.78, 5) is 12.5. The van der Waals surface area contributed by atoms with Crippen molar-refractivity contribution in [3.05, 3.63) is 69.2 Å². The minimum absolute atomic E-state index is 0.0558. The summed E-state index contributed by atoms with van der Waals surface area (Å²) in [6, 6.07) is 11.6. The van der Waals surface area contributed by atoms with E-state index in [4.69, 9.17) is 11.6 Å². The van der Waals surface area contributed by atoms with Crippen LogP contribution < -0.4 is 0 Å². The fourth-order valence-corrected chi connectivity index (χ4v) is 3.04. The van der Waals surface area contributed by atoms with E-state index in [2.05, 4.69) is 6.07 Å². The summed E-state index contributed by atoms with van der Waals surface area (Å²) in [5.74, 6) is 0.0558. The van der Waals surface area contributed by atoms with Crippen LogP contribution in [0.2, 0.25) is 5.02 Å². The zero-order chi connectivity index (χ0) is 13.4. The smallest absolute Gasteiger partial charge is 0.193 e. The van der Waals surface area contributed by atoms with Gasteiger partial charge in [0.05, 0.1) is 0 Å². The summed E-state index contributed by atoms with van der Waals surface area (Å²) in [5.41, 5.74) is 5.16. The number of hydrogen-bond acceptors (Lipinski definition) is 1. The fourth-order valence-electron chi connectivity index (χ4n) is 2.75. The Morgan fingerprint density at radius 3 is 2.58 bits per heavy atom. The highest BCUT2D eigenvalue weighted by Gasteiger charge is 2.15. The van der Waals surface area contributed by atoms with Crippen molar-refractivity contribution in [2.45, 2.75) is 26.2 Å². The fraction of sp³-hybridized carbons (Fsp3) is 0.235. The number of hydrogen-bond donors (Lipinski definition) is 0. The SMILES string of the molecule is Cc1cc(Cl)cc(C(=O)c2ccc3c(c2)CCC3)c1. The average molecular weight is 271 g/mol. The van der Waals surface area contributed by atoms with E-state index in [1.807, 2.05) is 31.2 Å². The van der Waals surface area contributed by atoms with Gasteiger partial charge in [0, 0.05) is 16.1 Å². The van der Waals surface area contributed by atoms with E-state index in [1.165, 1.54) is 17.5 Å². The van der Waals surface area contributed by atoms with Crippen LogP contribution in [0.25, 0.3) is 0 Å². The lowest BCUT2D eigenvalue weighted by atomic mass is 9.98. The van der Waals surface area contributed by atoms with Crippen molar-refractivity contribution >= 4 is 17.4 Å². The Bertz CT molecular complexity index is 638. The first-order valence-electron chi connectivity index (χ1n) is 6.57. The minimum atomic E-state index is 0.0558. The van der Waals surface area contributed by atoms with Gasteiger partial charge in [0.15, 0.2) is 5.78 Å². The van der Waals surface area contributed by atoms with Crippen molar-refractivity contribution in [2.75, 3.05) is 0 Å². The molecule has 0 amide bonds. The van der Waals surface area contributed by atoms with Crippen LogP contribution in [-0.2, 0) is 12.8 Å². The molecule has 2 aromatic carbocycles. The van der Waals surface area contributed by atoms with Gasteiger partial charge in [-0.25, -0.2) is 0 Å². The maximum Gasteiger partial charge on any atom is 0.193 e. The van der Waals surface area contributed by atoms with Crippen molar-refractivity contribution in [3.8, 4) is 0 Å². The number of aryl methyl sites for hydroxylation is 3. The van der Waals surface area contributed by atoms with Crippen LogP contribution in [0.1, 0.15) is 39.0 Å². The molecule has 0 saturated carbocycles. The molecule has 0 spiro atoms. The Morgan fingerprint density at radius 2 is 1.79 bits per heavy atom. The van der Waals surface area contributed by atoms with Gasteiger partial charge in [0.2, 0.25) is 0 Å². The lowest BCUT2D eigenvalue weighted by Crippen LogP contribution is -2.02. The highest BCUT2D eigenvalue weighted by molar-refractivity contribution is 6.31. The standard InChI is InChI=1S/C17H15ClO/c1-11-7-15(10-16(18)8-11)17(19)14-6-5-12-3-2-4-13(12)9-14/h5-10H,2-4H2,1H3. The van der Waals surface area contributed by atoms with E-state index >= 15 is 0 Å². The third-order valence-electron chi connectivity index (χ3n) is 3.66. The van der Waals surface area contributed by atoms with Gasteiger partial charge in [-0.2, -0.15) is 0 Å². The molecular weight excluding hydrogens is 256 g/mol. The Hall–Kier alpha value is -1.60. The van der Waals surface area contributed by atoms with E-state index in [1.54, 1.807) is 6.07 Å². The van der Waals surface area contributed by atoms with Crippen LogP contribution in [0.15, 0.2) is 36.4 Å². The van der Waals surface area contributed by atoms with Gasteiger partial charge >= 0.3 is 0 Å². The van der Waals surface area contributed by atoms with Gasteiger partial charge in [-0.1, -0.05) is 23.7 Å². The van der Waals surface area contributed by atoms with E-state index in [0.29, 0.717) is 10.6 Å². The molecule has 0 N–H and O–H groups in total. The van der Waals surface area contributed by atoms with Gasteiger partial charge in [-0.3, -0.25) is 4.79 Å². The van der Waals surface area contributed by atoms with Gasteiger partial charge in [0.1, 0.15) is 0 Å². The third-order valence-corrected chi connectivity index (χ3v) is 3.88. The van der Waals surface area contributed by atoms with Crippen molar-refractivity contribution in [1.82, 2.24) is 0 Å². The summed E-state index contributed by atoms with van der Waals surface area (Å²) in [7, 11) is 0. The molecule has 2 aromatic rings. The van der Waals surface area contributed by atoms with E-state index in [0.717, 1.165) is 24.0 Å². The van der Waals surface area contributed by atoms with Crippen molar-refractivity contribution in [3.63, 3.8) is 0 Å². The normalized spacial score (nSPS) is 13.4. The van der Waals surface area contributed by atoms with E-state index < -0.39 is 0 Å². The number of halogens is 1. The van der Waals surface area contributed by atoms with Crippen LogP contribution in [0.4, 0.5) is 0 Å². The Labute approximate surface area is 118 Å². The topological polar surface area (TPSA) is 17.1 Å². The van der Waals surface area contributed by atoms with Crippen molar-refractivity contribution in [1.29, 1.82) is 0 Å². The molecule has 1 aliphatic rings. The first-order valence-corrected chi connectivity index (χ1v) is 6.95. The molecule has 96 valence electrons. The van der Waals surface area contributed by atoms with Gasteiger partial charge in [-0.05, 0) is 67.1 Å². The summed E-state index contributed by atoms with van der Waals surface area (Å²) < 4.78 is 0. The number of ketones is 1. The molecule has 0 fully saturated rings. The van der Waals surface area contributed by atoms with Gasteiger partial charge in [0.25, 0.3) is 0 Å². The number of rotatable bonds is 2. The lowest BCUT2D eigenvalue weighted by Gasteiger charge is -2.06. The molecule has 19 heavy (non-hydrogen) atoms. The molecule has 0 aromatic heterocycles. The molecule has 0 aliphatic heterocycles. The summed E-state index contributed by atoms with van der Waals surface area (Å²) in [5, 5.41) is 0.615. The maximum absolute atomic E-state index is 12.5. The monoisotopic (exact) mass is 270 g/mol. The zero-order valence-electron chi connectivity index (χ0n) is 10.9. The first-order chi connectivity index (χ1) is 9.13. The highest BCUT2D eigenvalue weighted by Crippen LogP contribution is 2.24. The van der Waals surface area contributed by atoms with Crippen LogP contribution >= 0.6 is 11.6 Å². The molecule has 0 unspecified atom stereocenters. The Balaban J connectivity index is 1.99. The summed E-state index contributed by atoms with van der Waals surface area (Å²) in [6.07, 6.45) is 3.42. The second kappa shape index (κ2) is 4.82. The predicted octanol–water partition coefficient (Wildman–Crippen LogP) is 4.37. The molecule has 3 rings (SSSR count). The lowest BCUT2D eigenvalue weighted by molar-refractivity contribution is 0.103. The average Bonchev–Trinajstić information content (AvgIpc) is 2.83. The Morgan fingerprint density at radius 1 is 1.00 bits per heavy atom. The first kappa shape index (κ1) is 12.4. The molecule has 1 aliphatic carbocycles. The molecule has 2 heteroatoms. The molecule has 0 heterocycles. The number of carbonyl (C=O) groups is 1. The number of carbonyl (C=O) groups excluding carboxylic acids is 1. The zero-order valence-corrected chi connectivity index (χ0v) is 11.6. The van der Waals surface area contributed by atoms with Gasteiger partial charge in [-0.15, -0.1) is 0 Å². The molecule has 0 saturated heterocycles.